The van der Waals surface area contributed by atoms with Crippen LogP contribution in [0.3, 0.4) is 0 Å². The van der Waals surface area contributed by atoms with Crippen LogP contribution in [0, 0.1) is 0 Å². The van der Waals surface area contributed by atoms with Gasteiger partial charge in [-0.15, -0.1) is 0 Å². The molecular formula is C2H8AgNi. The molecule has 2 heteroatoms. The molecule has 37 valence electrons. The van der Waals surface area contributed by atoms with Gasteiger partial charge in [-0.25, -0.2) is 0 Å². The molecule has 0 unspecified atom stereocenters. The Kier molecular flexibility index (Phi) is 448. The van der Waals surface area contributed by atoms with Gasteiger partial charge in [0.05, 0.1) is 0 Å². The summed E-state index contributed by atoms with van der Waals surface area (Å²) in [6, 6.07) is 0. The summed E-state index contributed by atoms with van der Waals surface area (Å²) in [4.78, 5) is 0. The Bertz CT molecular complexity index is 6.00. The molecule has 0 fully saturated rings. The third-order valence-corrected chi connectivity index (χ3v) is 0. The largest absolute Gasteiger partial charge is 0.0776 e. The third kappa shape index (κ3) is 10.6. The van der Waals surface area contributed by atoms with Gasteiger partial charge < -0.3 is 0 Å². The average molecular weight is 199 g/mol. The summed E-state index contributed by atoms with van der Waals surface area (Å²) in [5, 5.41) is 0. The summed E-state index contributed by atoms with van der Waals surface area (Å²) in [6.07, 6.45) is 0. The fraction of sp³-hybridized carbons (Fsp3) is 1.00. The Morgan fingerprint density at radius 3 is 0.750 bits per heavy atom. The zero-order valence-corrected chi connectivity index (χ0v) is 3.09. The van der Waals surface area contributed by atoms with Crippen LogP contribution in [0.1, 0.15) is 14.9 Å². The first kappa shape index (κ1) is 61.6. The minimum absolute atomic E-state index is 0. The van der Waals surface area contributed by atoms with E-state index in [0.717, 1.165) is 0 Å². The summed E-state index contributed by atoms with van der Waals surface area (Å²) in [5.41, 5.74) is 0. The SMILES string of the molecule is C.C.[Ag].[Ni]. The van der Waals surface area contributed by atoms with Crippen molar-refractivity contribution in [2.75, 3.05) is 0 Å². The molecule has 0 aliphatic rings. The van der Waals surface area contributed by atoms with Crippen molar-refractivity contribution in [3.05, 3.63) is 0 Å². The molecular weight excluding hydrogens is 191 g/mol. The Morgan fingerprint density at radius 1 is 0.750 bits per heavy atom. The van der Waals surface area contributed by atoms with Gasteiger partial charge in [0.1, 0.15) is 0 Å². The van der Waals surface area contributed by atoms with E-state index in [9.17, 15) is 0 Å². The number of hydrogen-bond acceptors (Lipinski definition) is 0. The molecule has 0 bridgehead atoms. The smallest absolute Gasteiger partial charge is 0 e. The van der Waals surface area contributed by atoms with Crippen molar-refractivity contribution in [1.29, 1.82) is 0 Å². The van der Waals surface area contributed by atoms with Gasteiger partial charge in [0, 0.05) is 38.9 Å². The van der Waals surface area contributed by atoms with Gasteiger partial charge in [0.15, 0.2) is 0 Å². The Hall–Kier alpha value is 1.23. The van der Waals surface area contributed by atoms with E-state index in [0.29, 0.717) is 0 Å². The van der Waals surface area contributed by atoms with E-state index < -0.39 is 0 Å². The molecule has 0 rings (SSSR count). The van der Waals surface area contributed by atoms with Crippen LogP contribution < -0.4 is 0 Å². The quantitative estimate of drug-likeness (QED) is 0.515. The standard InChI is InChI=1S/2CH4.Ag.Ni/h2*1H4;;. The summed E-state index contributed by atoms with van der Waals surface area (Å²) in [7, 11) is 0. The van der Waals surface area contributed by atoms with E-state index in [2.05, 4.69) is 0 Å². The minimum atomic E-state index is 0. The number of rotatable bonds is 0. The predicted octanol–water partition coefficient (Wildman–Crippen LogP) is 1.27. The maximum Gasteiger partial charge on any atom is 0 e. The maximum absolute atomic E-state index is 0. The van der Waals surface area contributed by atoms with Crippen LogP contribution >= 0.6 is 0 Å². The molecule has 0 aromatic heterocycles. The molecule has 0 N–H and O–H groups in total. The third-order valence-electron chi connectivity index (χ3n) is 0. The van der Waals surface area contributed by atoms with Gasteiger partial charge in [-0.2, -0.15) is 0 Å². The fourth-order valence-electron chi connectivity index (χ4n) is 0. The molecule has 0 aromatic carbocycles. The van der Waals surface area contributed by atoms with Crippen molar-refractivity contribution in [3.8, 4) is 0 Å². The van der Waals surface area contributed by atoms with Crippen molar-refractivity contribution >= 4 is 0 Å². The molecule has 1 radical (unpaired) electrons. The Balaban J connectivity index is 0. The van der Waals surface area contributed by atoms with Gasteiger partial charge in [-0.05, 0) is 0 Å². The molecule has 4 heavy (non-hydrogen) atoms. The van der Waals surface area contributed by atoms with Crippen molar-refractivity contribution in [2.24, 2.45) is 0 Å². The van der Waals surface area contributed by atoms with Crippen LogP contribution in [0.15, 0.2) is 0 Å². The molecule has 0 amide bonds. The summed E-state index contributed by atoms with van der Waals surface area (Å²) in [5.74, 6) is 0. The van der Waals surface area contributed by atoms with Crippen LogP contribution in [-0.4, -0.2) is 0 Å². The second kappa shape index (κ2) is 29.1. The van der Waals surface area contributed by atoms with E-state index in [4.69, 9.17) is 0 Å². The fourth-order valence-corrected chi connectivity index (χ4v) is 0. The Morgan fingerprint density at radius 2 is 0.750 bits per heavy atom. The van der Waals surface area contributed by atoms with E-state index in [-0.39, 0.29) is 53.7 Å². The van der Waals surface area contributed by atoms with Crippen LogP contribution in [0.5, 0.6) is 0 Å². The molecule has 0 saturated heterocycles. The predicted molar refractivity (Wildman–Crippen MR) is 13.5 cm³/mol. The van der Waals surface area contributed by atoms with Gasteiger partial charge in [-0.1, -0.05) is 14.9 Å². The molecule has 0 heterocycles. The zero-order valence-electron chi connectivity index (χ0n) is 0.618. The second-order valence-corrected chi connectivity index (χ2v) is 0. The van der Waals surface area contributed by atoms with Gasteiger partial charge in [0.25, 0.3) is 0 Å². The summed E-state index contributed by atoms with van der Waals surface area (Å²) >= 11 is 0. The molecule has 0 aliphatic heterocycles. The van der Waals surface area contributed by atoms with Gasteiger partial charge in [-0.3, -0.25) is 0 Å². The van der Waals surface area contributed by atoms with Crippen LogP contribution in [0.4, 0.5) is 0 Å². The van der Waals surface area contributed by atoms with Crippen molar-refractivity contribution in [2.45, 2.75) is 14.9 Å². The second-order valence-electron chi connectivity index (χ2n) is 0. The number of hydrogen-bond donors (Lipinski definition) is 0. The van der Waals surface area contributed by atoms with E-state index in [1.807, 2.05) is 0 Å². The van der Waals surface area contributed by atoms with Gasteiger partial charge >= 0.3 is 0 Å². The van der Waals surface area contributed by atoms with Crippen molar-refractivity contribution < 1.29 is 38.9 Å². The van der Waals surface area contributed by atoms with Gasteiger partial charge in [0.2, 0.25) is 0 Å². The molecule has 0 aliphatic carbocycles. The first-order valence-electron chi connectivity index (χ1n) is 0. The molecule has 0 spiro atoms. The first-order chi connectivity index (χ1) is 0. The molecule has 0 nitrogen and oxygen atoms in total. The molecule has 0 saturated carbocycles. The van der Waals surface area contributed by atoms with E-state index >= 15 is 0 Å². The van der Waals surface area contributed by atoms with E-state index in [1.54, 1.807) is 0 Å². The minimum Gasteiger partial charge on any atom is -0.0776 e. The topological polar surface area (TPSA) is 0 Å². The van der Waals surface area contributed by atoms with Crippen molar-refractivity contribution in [1.82, 2.24) is 0 Å². The summed E-state index contributed by atoms with van der Waals surface area (Å²) in [6.45, 7) is 0. The summed E-state index contributed by atoms with van der Waals surface area (Å²) < 4.78 is 0. The zero-order chi connectivity index (χ0) is 0. The van der Waals surface area contributed by atoms with E-state index in [1.165, 1.54) is 0 Å². The molecule has 0 aromatic rings. The van der Waals surface area contributed by atoms with Crippen LogP contribution in [-0.2, 0) is 38.9 Å². The average Bonchev–Trinajstić information content (AvgIpc) is 0. The first-order valence-corrected chi connectivity index (χ1v) is 0. The van der Waals surface area contributed by atoms with Crippen LogP contribution in [0.25, 0.3) is 0 Å². The normalized spacial score (nSPS) is 0. The van der Waals surface area contributed by atoms with Crippen molar-refractivity contribution in [3.63, 3.8) is 0 Å². The Labute approximate surface area is 53.8 Å². The monoisotopic (exact) mass is 197 g/mol. The van der Waals surface area contributed by atoms with Crippen LogP contribution in [0.2, 0.25) is 0 Å². The maximum atomic E-state index is 0. The molecule has 0 atom stereocenters.